The van der Waals surface area contributed by atoms with E-state index in [1.807, 2.05) is 59.5 Å². The van der Waals surface area contributed by atoms with Crippen LogP contribution in [0.3, 0.4) is 0 Å². The molecule has 1 saturated heterocycles. The van der Waals surface area contributed by atoms with E-state index in [0.717, 1.165) is 47.7 Å². The highest BCUT2D eigenvalue weighted by Gasteiger charge is 2.25. The quantitative estimate of drug-likeness (QED) is 0.646. The molecule has 0 radical (unpaired) electrons. The number of piperidine rings is 1. The first-order valence-corrected chi connectivity index (χ1v) is 10.8. The van der Waals surface area contributed by atoms with E-state index in [1.165, 1.54) is 0 Å². The molecule has 6 nitrogen and oxygen atoms in total. The summed E-state index contributed by atoms with van der Waals surface area (Å²) in [5.74, 6) is 0.681. The Bertz CT molecular complexity index is 1090. The molecule has 4 rings (SSSR count). The molecule has 3 aromatic rings. The van der Waals surface area contributed by atoms with Crippen LogP contribution in [0, 0.1) is 0 Å². The van der Waals surface area contributed by atoms with Crippen molar-refractivity contribution in [3.63, 3.8) is 0 Å². The number of nitrogens with two attached hydrogens (primary N) is 1. The number of hydrogen-bond donors (Lipinski definition) is 1. The maximum Gasteiger partial charge on any atom is 0.248 e. The Morgan fingerprint density at radius 2 is 1.81 bits per heavy atom. The standard InChI is InChI=1S/C26H27N3O3/c1-32-22-13-7-18(8-14-22)16-25(30)29-15-3-4-21(17-29)24-6-2-5-23(28-24)19-9-11-20(12-10-19)26(27)31/h2,5-14,21H,3-4,15-17H2,1H3,(H2,27,31). The molecular formula is C26H27N3O3. The van der Waals surface area contributed by atoms with Crippen LogP contribution in [0.1, 0.15) is 40.4 Å². The molecule has 2 heterocycles. The van der Waals surface area contributed by atoms with Gasteiger partial charge in [0, 0.05) is 35.8 Å². The Kier molecular flexibility index (Phi) is 6.50. The van der Waals surface area contributed by atoms with Gasteiger partial charge in [0.15, 0.2) is 0 Å². The number of hydrogen-bond acceptors (Lipinski definition) is 4. The Morgan fingerprint density at radius 3 is 2.50 bits per heavy atom. The normalized spacial score (nSPS) is 15.9. The molecule has 0 saturated carbocycles. The Balaban J connectivity index is 1.45. The molecule has 1 atom stereocenters. The molecular weight excluding hydrogens is 402 g/mol. The average molecular weight is 430 g/mol. The lowest BCUT2D eigenvalue weighted by molar-refractivity contribution is -0.131. The van der Waals surface area contributed by atoms with Crippen LogP contribution in [0.15, 0.2) is 66.7 Å². The third-order valence-electron chi connectivity index (χ3n) is 5.94. The molecule has 1 aliphatic heterocycles. The lowest BCUT2D eigenvalue weighted by Crippen LogP contribution is -2.40. The first-order valence-electron chi connectivity index (χ1n) is 10.8. The van der Waals surface area contributed by atoms with Crippen molar-refractivity contribution < 1.29 is 14.3 Å². The summed E-state index contributed by atoms with van der Waals surface area (Å²) in [5, 5.41) is 0. The zero-order chi connectivity index (χ0) is 22.5. The number of rotatable bonds is 6. The van der Waals surface area contributed by atoms with Crippen molar-refractivity contribution in [3.05, 3.63) is 83.6 Å². The van der Waals surface area contributed by atoms with E-state index in [4.69, 9.17) is 15.5 Å². The highest BCUT2D eigenvalue weighted by atomic mass is 16.5. The van der Waals surface area contributed by atoms with Crippen molar-refractivity contribution in [2.75, 3.05) is 20.2 Å². The summed E-state index contributed by atoms with van der Waals surface area (Å²) in [5.41, 5.74) is 9.56. The highest BCUT2D eigenvalue weighted by molar-refractivity contribution is 5.93. The van der Waals surface area contributed by atoms with Gasteiger partial charge in [0.05, 0.1) is 19.2 Å². The van der Waals surface area contributed by atoms with E-state index >= 15 is 0 Å². The van der Waals surface area contributed by atoms with Crippen molar-refractivity contribution >= 4 is 11.8 Å². The van der Waals surface area contributed by atoms with Crippen LogP contribution in [-0.2, 0) is 11.2 Å². The van der Waals surface area contributed by atoms with E-state index in [9.17, 15) is 9.59 Å². The van der Waals surface area contributed by atoms with Gasteiger partial charge in [0.1, 0.15) is 5.75 Å². The van der Waals surface area contributed by atoms with Gasteiger partial charge in [-0.25, -0.2) is 0 Å². The molecule has 1 aromatic heterocycles. The number of likely N-dealkylation sites (tertiary alicyclic amines) is 1. The van der Waals surface area contributed by atoms with Crippen LogP contribution in [0.2, 0.25) is 0 Å². The molecule has 2 amide bonds. The summed E-state index contributed by atoms with van der Waals surface area (Å²) in [7, 11) is 1.63. The monoisotopic (exact) mass is 429 g/mol. The fraction of sp³-hybridized carbons (Fsp3) is 0.269. The summed E-state index contributed by atoms with van der Waals surface area (Å²) in [6, 6.07) is 20.8. The maximum absolute atomic E-state index is 12.9. The second-order valence-corrected chi connectivity index (χ2v) is 8.09. The van der Waals surface area contributed by atoms with E-state index in [1.54, 1.807) is 19.2 Å². The predicted molar refractivity (Wildman–Crippen MR) is 123 cm³/mol. The third-order valence-corrected chi connectivity index (χ3v) is 5.94. The van der Waals surface area contributed by atoms with E-state index < -0.39 is 5.91 Å². The molecule has 164 valence electrons. The lowest BCUT2D eigenvalue weighted by atomic mass is 9.93. The van der Waals surface area contributed by atoms with Gasteiger partial charge >= 0.3 is 0 Å². The van der Waals surface area contributed by atoms with Gasteiger partial charge in [-0.2, -0.15) is 0 Å². The van der Waals surface area contributed by atoms with Crippen LogP contribution in [0.4, 0.5) is 0 Å². The lowest BCUT2D eigenvalue weighted by Gasteiger charge is -2.32. The number of carbonyl (C=O) groups excluding carboxylic acids is 2. The van der Waals surface area contributed by atoms with Crippen molar-refractivity contribution in [2.45, 2.75) is 25.2 Å². The molecule has 2 aromatic carbocycles. The predicted octanol–water partition coefficient (Wildman–Crippen LogP) is 3.80. The minimum atomic E-state index is -0.445. The number of benzene rings is 2. The maximum atomic E-state index is 12.9. The third kappa shape index (κ3) is 4.97. The summed E-state index contributed by atoms with van der Waals surface area (Å²) < 4.78 is 5.19. The fourth-order valence-electron chi connectivity index (χ4n) is 4.12. The van der Waals surface area contributed by atoms with Gasteiger partial charge in [-0.1, -0.05) is 30.3 Å². The molecule has 0 spiro atoms. The van der Waals surface area contributed by atoms with Crippen molar-refractivity contribution in [1.82, 2.24) is 9.88 Å². The van der Waals surface area contributed by atoms with Crippen molar-refractivity contribution in [1.29, 1.82) is 0 Å². The number of pyridine rings is 1. The zero-order valence-corrected chi connectivity index (χ0v) is 18.2. The topological polar surface area (TPSA) is 85.5 Å². The Hall–Kier alpha value is -3.67. The first-order chi connectivity index (χ1) is 15.5. The van der Waals surface area contributed by atoms with Crippen molar-refractivity contribution in [2.24, 2.45) is 5.73 Å². The summed E-state index contributed by atoms with van der Waals surface area (Å²) >= 11 is 0. The van der Waals surface area contributed by atoms with Crippen molar-refractivity contribution in [3.8, 4) is 17.0 Å². The smallest absolute Gasteiger partial charge is 0.248 e. The summed E-state index contributed by atoms with van der Waals surface area (Å²) in [6.45, 7) is 1.45. The number of carbonyl (C=O) groups is 2. The van der Waals surface area contributed by atoms with Gasteiger partial charge in [-0.3, -0.25) is 14.6 Å². The van der Waals surface area contributed by atoms with Gasteiger partial charge in [-0.15, -0.1) is 0 Å². The second kappa shape index (κ2) is 9.64. The van der Waals surface area contributed by atoms with Crippen LogP contribution in [0.5, 0.6) is 5.75 Å². The largest absolute Gasteiger partial charge is 0.497 e. The van der Waals surface area contributed by atoms with Crippen LogP contribution < -0.4 is 10.5 Å². The Labute approximate surface area is 188 Å². The summed E-state index contributed by atoms with van der Waals surface area (Å²) in [4.78, 5) is 31.0. The minimum Gasteiger partial charge on any atom is -0.497 e. The van der Waals surface area contributed by atoms with Gasteiger partial charge in [-0.05, 0) is 54.8 Å². The molecule has 1 fully saturated rings. The number of primary amides is 1. The van der Waals surface area contributed by atoms with Gasteiger partial charge in [0.25, 0.3) is 0 Å². The van der Waals surface area contributed by atoms with Crippen LogP contribution >= 0.6 is 0 Å². The van der Waals surface area contributed by atoms with Crippen LogP contribution in [-0.4, -0.2) is 41.9 Å². The van der Waals surface area contributed by atoms with Gasteiger partial charge in [0.2, 0.25) is 11.8 Å². The molecule has 1 unspecified atom stereocenters. The number of ether oxygens (including phenoxy) is 1. The second-order valence-electron chi connectivity index (χ2n) is 8.09. The Morgan fingerprint density at radius 1 is 1.06 bits per heavy atom. The van der Waals surface area contributed by atoms with Crippen LogP contribution in [0.25, 0.3) is 11.3 Å². The molecule has 2 N–H and O–H groups in total. The fourth-order valence-corrected chi connectivity index (χ4v) is 4.12. The molecule has 0 bridgehead atoms. The van der Waals surface area contributed by atoms with E-state index in [2.05, 4.69) is 0 Å². The SMILES string of the molecule is COc1ccc(CC(=O)N2CCCC(c3cccc(-c4ccc(C(N)=O)cc4)n3)C2)cc1. The molecule has 0 aliphatic carbocycles. The van der Waals surface area contributed by atoms with E-state index in [-0.39, 0.29) is 11.8 Å². The number of aromatic nitrogens is 1. The summed E-state index contributed by atoms with van der Waals surface area (Å²) in [6.07, 6.45) is 2.35. The van der Waals surface area contributed by atoms with Gasteiger partial charge < -0.3 is 15.4 Å². The number of nitrogens with zero attached hydrogens (tertiary/aromatic N) is 2. The average Bonchev–Trinajstić information content (AvgIpc) is 2.84. The molecule has 6 heteroatoms. The minimum absolute atomic E-state index is 0.137. The molecule has 1 aliphatic rings. The highest BCUT2D eigenvalue weighted by Crippen LogP contribution is 2.28. The molecule has 32 heavy (non-hydrogen) atoms. The zero-order valence-electron chi connectivity index (χ0n) is 18.2. The number of amides is 2. The van der Waals surface area contributed by atoms with E-state index in [0.29, 0.717) is 18.5 Å². The number of methoxy groups -OCH3 is 1. The first kappa shape index (κ1) is 21.6.